The summed E-state index contributed by atoms with van der Waals surface area (Å²) in [4.78, 5) is 21.2. The Hall–Kier alpha value is -3.23. The summed E-state index contributed by atoms with van der Waals surface area (Å²) in [6.45, 7) is 5.80. The second kappa shape index (κ2) is 8.49. The second-order valence-corrected chi connectivity index (χ2v) is 8.56. The van der Waals surface area contributed by atoms with Gasteiger partial charge in [0.05, 0.1) is 36.9 Å². The van der Waals surface area contributed by atoms with Crippen molar-refractivity contribution in [3.05, 3.63) is 70.2 Å². The monoisotopic (exact) mass is 433 g/mol. The number of thiophene rings is 1. The standard InChI is InChI=1S/C23H23N5O2S/c1-16-13-20(21-14-24-28(22(21)25-16)15-19-3-2-12-31-19)23(29)26-17-4-6-18(7-5-17)27-8-10-30-11-9-27/h2-7,12-14H,8-11,15H2,1H3,(H,26,29). The zero-order valence-corrected chi connectivity index (χ0v) is 18.1. The second-order valence-electron chi connectivity index (χ2n) is 7.53. The molecule has 0 aliphatic carbocycles. The lowest BCUT2D eigenvalue weighted by Crippen LogP contribution is -2.36. The molecule has 7 nitrogen and oxygen atoms in total. The maximum atomic E-state index is 13.1. The largest absolute Gasteiger partial charge is 0.378 e. The van der Waals surface area contributed by atoms with Crippen LogP contribution in [0.3, 0.4) is 0 Å². The van der Waals surface area contributed by atoms with E-state index in [2.05, 4.69) is 26.4 Å². The van der Waals surface area contributed by atoms with Crippen molar-refractivity contribution in [3.63, 3.8) is 0 Å². The molecule has 4 aromatic rings. The topological polar surface area (TPSA) is 72.3 Å². The Kier molecular flexibility index (Phi) is 5.40. The Morgan fingerprint density at radius 3 is 2.74 bits per heavy atom. The Bertz CT molecular complexity index is 1190. The molecular formula is C23H23N5O2S. The summed E-state index contributed by atoms with van der Waals surface area (Å²) >= 11 is 1.68. The maximum Gasteiger partial charge on any atom is 0.256 e. The van der Waals surface area contributed by atoms with Crippen LogP contribution in [0.4, 0.5) is 11.4 Å². The van der Waals surface area contributed by atoms with Crippen molar-refractivity contribution in [1.82, 2.24) is 14.8 Å². The van der Waals surface area contributed by atoms with Crippen LogP contribution >= 0.6 is 11.3 Å². The fourth-order valence-electron chi connectivity index (χ4n) is 3.80. The van der Waals surface area contributed by atoms with Crippen molar-refractivity contribution in [2.75, 3.05) is 36.5 Å². The van der Waals surface area contributed by atoms with Crippen LogP contribution in [0.2, 0.25) is 0 Å². The Morgan fingerprint density at radius 1 is 1.19 bits per heavy atom. The Balaban J connectivity index is 1.37. The van der Waals surface area contributed by atoms with Gasteiger partial charge in [-0.3, -0.25) is 4.79 Å². The highest BCUT2D eigenvalue weighted by Crippen LogP contribution is 2.23. The number of nitrogens with one attached hydrogen (secondary N) is 1. The molecule has 1 aliphatic heterocycles. The maximum absolute atomic E-state index is 13.1. The predicted molar refractivity (Wildman–Crippen MR) is 123 cm³/mol. The summed E-state index contributed by atoms with van der Waals surface area (Å²) in [5, 5.41) is 10.3. The zero-order chi connectivity index (χ0) is 21.2. The molecule has 1 N–H and O–H groups in total. The highest BCUT2D eigenvalue weighted by molar-refractivity contribution is 7.09. The summed E-state index contributed by atoms with van der Waals surface area (Å²) in [7, 11) is 0. The number of ether oxygens (including phenoxy) is 1. The first-order chi connectivity index (χ1) is 15.2. The van der Waals surface area contributed by atoms with E-state index in [1.807, 2.05) is 53.4 Å². The average Bonchev–Trinajstić information content (AvgIpc) is 3.45. The normalized spacial score (nSPS) is 14.2. The van der Waals surface area contributed by atoms with Gasteiger partial charge in [-0.1, -0.05) is 6.07 Å². The van der Waals surface area contributed by atoms with Crippen LogP contribution in [0.5, 0.6) is 0 Å². The highest BCUT2D eigenvalue weighted by atomic mass is 32.1. The van der Waals surface area contributed by atoms with Crippen LogP contribution in [0.25, 0.3) is 11.0 Å². The molecule has 0 radical (unpaired) electrons. The van der Waals surface area contributed by atoms with Crippen molar-refractivity contribution in [1.29, 1.82) is 0 Å². The van der Waals surface area contributed by atoms with E-state index in [-0.39, 0.29) is 5.91 Å². The number of hydrogen-bond acceptors (Lipinski definition) is 6. The molecule has 4 heterocycles. The first-order valence-electron chi connectivity index (χ1n) is 10.3. The van der Waals surface area contributed by atoms with E-state index in [9.17, 15) is 4.79 Å². The molecule has 1 aromatic carbocycles. The van der Waals surface area contributed by atoms with Gasteiger partial charge in [0.15, 0.2) is 5.65 Å². The molecule has 0 bridgehead atoms. The lowest BCUT2D eigenvalue weighted by atomic mass is 10.1. The summed E-state index contributed by atoms with van der Waals surface area (Å²) in [6.07, 6.45) is 1.73. The van der Waals surface area contributed by atoms with Gasteiger partial charge in [0.1, 0.15) is 0 Å². The molecule has 5 rings (SSSR count). The number of carbonyl (C=O) groups excluding carboxylic acids is 1. The summed E-state index contributed by atoms with van der Waals surface area (Å²) in [6, 6.07) is 13.9. The number of aryl methyl sites for hydroxylation is 1. The SMILES string of the molecule is Cc1cc(C(=O)Nc2ccc(N3CCOCC3)cc2)c2cnn(Cc3cccs3)c2n1. The van der Waals surface area contributed by atoms with E-state index in [4.69, 9.17) is 4.74 Å². The quantitative estimate of drug-likeness (QED) is 0.516. The predicted octanol–water partition coefficient (Wildman–Crippen LogP) is 3.94. The lowest BCUT2D eigenvalue weighted by molar-refractivity contribution is 0.102. The fraction of sp³-hybridized carbons (Fsp3) is 0.261. The Morgan fingerprint density at radius 2 is 2.00 bits per heavy atom. The van der Waals surface area contributed by atoms with Crippen LogP contribution in [0.1, 0.15) is 20.9 Å². The summed E-state index contributed by atoms with van der Waals surface area (Å²) < 4.78 is 7.26. The number of pyridine rings is 1. The number of nitrogens with zero attached hydrogens (tertiary/aromatic N) is 4. The molecule has 0 unspecified atom stereocenters. The smallest absolute Gasteiger partial charge is 0.256 e. The number of aromatic nitrogens is 3. The number of carbonyl (C=O) groups is 1. The van der Waals surface area contributed by atoms with Gasteiger partial charge in [-0.15, -0.1) is 11.3 Å². The van der Waals surface area contributed by atoms with E-state index in [1.165, 1.54) is 4.88 Å². The summed E-state index contributed by atoms with van der Waals surface area (Å²) in [5.41, 5.74) is 3.99. The van der Waals surface area contributed by atoms with Gasteiger partial charge in [0.2, 0.25) is 0 Å². The number of fused-ring (bicyclic) bond motifs is 1. The minimum absolute atomic E-state index is 0.162. The Labute approximate surface area is 184 Å². The highest BCUT2D eigenvalue weighted by Gasteiger charge is 2.17. The van der Waals surface area contributed by atoms with Gasteiger partial charge in [0.25, 0.3) is 5.91 Å². The number of morpholine rings is 1. The number of rotatable bonds is 5. The van der Waals surface area contributed by atoms with Crippen molar-refractivity contribution in [3.8, 4) is 0 Å². The van der Waals surface area contributed by atoms with Crippen molar-refractivity contribution in [2.45, 2.75) is 13.5 Å². The molecule has 1 fully saturated rings. The van der Waals surface area contributed by atoms with Gasteiger partial charge >= 0.3 is 0 Å². The van der Waals surface area contributed by atoms with Gasteiger partial charge in [-0.2, -0.15) is 5.10 Å². The number of anilines is 2. The molecule has 0 spiro atoms. The van der Waals surface area contributed by atoms with Crippen molar-refractivity contribution in [2.24, 2.45) is 0 Å². The van der Waals surface area contributed by atoms with Crippen molar-refractivity contribution < 1.29 is 9.53 Å². The zero-order valence-electron chi connectivity index (χ0n) is 17.2. The van der Waals surface area contributed by atoms with Gasteiger partial charge < -0.3 is 15.0 Å². The van der Waals surface area contributed by atoms with E-state index >= 15 is 0 Å². The van der Waals surface area contributed by atoms with Gasteiger partial charge in [-0.05, 0) is 48.7 Å². The molecule has 0 saturated carbocycles. The van der Waals surface area contributed by atoms with E-state index in [1.54, 1.807) is 17.5 Å². The van der Waals surface area contributed by atoms with Crippen LogP contribution in [-0.4, -0.2) is 47.0 Å². The number of amides is 1. The average molecular weight is 434 g/mol. The number of hydrogen-bond donors (Lipinski definition) is 1. The molecule has 1 amide bonds. The first-order valence-corrected chi connectivity index (χ1v) is 11.1. The fourth-order valence-corrected chi connectivity index (χ4v) is 4.49. The molecule has 1 aliphatic rings. The van der Waals surface area contributed by atoms with Gasteiger partial charge in [-0.25, -0.2) is 9.67 Å². The third-order valence-corrected chi connectivity index (χ3v) is 6.23. The number of benzene rings is 1. The summed E-state index contributed by atoms with van der Waals surface area (Å²) in [5.74, 6) is -0.162. The molecule has 1 saturated heterocycles. The minimum Gasteiger partial charge on any atom is -0.378 e. The van der Waals surface area contributed by atoms with Crippen molar-refractivity contribution >= 4 is 39.7 Å². The molecular weight excluding hydrogens is 410 g/mol. The van der Waals surface area contributed by atoms with E-state index in [0.717, 1.165) is 54.4 Å². The third-order valence-electron chi connectivity index (χ3n) is 5.37. The van der Waals surface area contributed by atoms with Crippen LogP contribution < -0.4 is 10.2 Å². The van der Waals surface area contributed by atoms with E-state index in [0.29, 0.717) is 12.1 Å². The third kappa shape index (κ3) is 4.17. The molecule has 3 aromatic heterocycles. The molecule has 8 heteroatoms. The minimum atomic E-state index is -0.162. The van der Waals surface area contributed by atoms with Crippen LogP contribution in [-0.2, 0) is 11.3 Å². The molecule has 0 atom stereocenters. The lowest BCUT2D eigenvalue weighted by Gasteiger charge is -2.28. The molecule has 31 heavy (non-hydrogen) atoms. The van der Waals surface area contributed by atoms with Crippen LogP contribution in [0, 0.1) is 6.92 Å². The van der Waals surface area contributed by atoms with E-state index < -0.39 is 0 Å². The molecule has 158 valence electrons. The van der Waals surface area contributed by atoms with Crippen LogP contribution in [0.15, 0.2) is 54.0 Å². The first kappa shape index (κ1) is 19.7. The van der Waals surface area contributed by atoms with Gasteiger partial charge in [0, 0.05) is 35.0 Å².